The molecule has 2 N–H and O–H groups in total. The van der Waals surface area contributed by atoms with Gasteiger partial charge in [-0.3, -0.25) is 24.1 Å². The average molecular weight is 432 g/mol. The van der Waals surface area contributed by atoms with Crippen molar-refractivity contribution in [3.05, 3.63) is 63.1 Å². The molecule has 10 heteroatoms. The zero-order valence-corrected chi connectivity index (χ0v) is 17.1. The maximum atomic E-state index is 13.8. The van der Waals surface area contributed by atoms with Gasteiger partial charge in [0, 0.05) is 36.5 Å². The lowest BCUT2D eigenvalue weighted by atomic mass is 10.1. The van der Waals surface area contributed by atoms with Crippen molar-refractivity contribution in [1.29, 1.82) is 0 Å². The first-order valence-corrected chi connectivity index (χ1v) is 9.97. The Bertz CT molecular complexity index is 1130. The number of amides is 2. The number of carbonyl (C=O) groups is 2. The van der Waals surface area contributed by atoms with E-state index < -0.39 is 34.6 Å². The highest BCUT2D eigenvalue weighted by Gasteiger charge is 2.39. The highest BCUT2D eigenvalue weighted by molar-refractivity contribution is 5.99. The third kappa shape index (κ3) is 3.51. The number of carbonyl (C=O) groups excluding carboxylic acids is 2. The van der Waals surface area contributed by atoms with Crippen molar-refractivity contribution < 1.29 is 23.5 Å². The van der Waals surface area contributed by atoms with Crippen LogP contribution in [0.3, 0.4) is 0 Å². The Morgan fingerprint density at radius 2 is 1.90 bits per heavy atom. The van der Waals surface area contributed by atoms with Gasteiger partial charge in [0.25, 0.3) is 11.8 Å². The molecule has 2 bridgehead atoms. The number of nitrogens with one attached hydrogen (secondary N) is 1. The lowest BCUT2D eigenvalue weighted by Crippen LogP contribution is -2.57. The van der Waals surface area contributed by atoms with E-state index in [4.69, 9.17) is 0 Å². The van der Waals surface area contributed by atoms with Crippen molar-refractivity contribution in [2.75, 3.05) is 11.7 Å². The van der Waals surface area contributed by atoms with E-state index in [1.807, 2.05) is 18.9 Å². The minimum absolute atomic E-state index is 0.00887. The van der Waals surface area contributed by atoms with Crippen LogP contribution in [0.1, 0.15) is 53.1 Å². The molecule has 2 amide bonds. The minimum atomic E-state index is -0.988. The van der Waals surface area contributed by atoms with E-state index in [1.165, 1.54) is 16.9 Å². The Kier molecular flexibility index (Phi) is 5.16. The first-order valence-electron chi connectivity index (χ1n) is 9.97. The zero-order valence-electron chi connectivity index (χ0n) is 17.1. The summed E-state index contributed by atoms with van der Waals surface area (Å²) >= 11 is 0. The van der Waals surface area contributed by atoms with Crippen LogP contribution in [0.15, 0.2) is 29.2 Å². The quantitative estimate of drug-likeness (QED) is 0.770. The van der Waals surface area contributed by atoms with Gasteiger partial charge in [-0.05, 0) is 32.8 Å². The fourth-order valence-corrected chi connectivity index (χ4v) is 3.99. The summed E-state index contributed by atoms with van der Waals surface area (Å²) in [5, 5.41) is 14.8. The molecule has 8 nitrogen and oxygen atoms in total. The van der Waals surface area contributed by atoms with Crippen molar-refractivity contribution in [2.45, 2.75) is 45.3 Å². The van der Waals surface area contributed by atoms with E-state index in [-0.39, 0.29) is 42.1 Å². The molecule has 1 fully saturated rings. The van der Waals surface area contributed by atoms with Crippen molar-refractivity contribution in [1.82, 2.24) is 14.9 Å². The summed E-state index contributed by atoms with van der Waals surface area (Å²) < 4.78 is 28.2. The molecular weight excluding hydrogens is 410 g/mol. The molecule has 1 saturated heterocycles. The fraction of sp³-hybridized carbons (Fsp3) is 0.381. The van der Waals surface area contributed by atoms with Gasteiger partial charge < -0.3 is 15.3 Å². The third-order valence-corrected chi connectivity index (χ3v) is 5.94. The summed E-state index contributed by atoms with van der Waals surface area (Å²) in [6.45, 7) is 3.85. The van der Waals surface area contributed by atoms with Crippen LogP contribution in [0.5, 0.6) is 5.75 Å². The predicted octanol–water partition coefficient (Wildman–Crippen LogP) is 1.68. The van der Waals surface area contributed by atoms with Gasteiger partial charge in [0.05, 0.1) is 0 Å². The summed E-state index contributed by atoms with van der Waals surface area (Å²) in [4.78, 5) is 39.9. The zero-order chi connectivity index (χ0) is 22.4. The van der Waals surface area contributed by atoms with Gasteiger partial charge in [-0.15, -0.1) is 0 Å². The Hall–Kier alpha value is -3.43. The van der Waals surface area contributed by atoms with Crippen LogP contribution >= 0.6 is 0 Å². The number of pyridine rings is 1. The summed E-state index contributed by atoms with van der Waals surface area (Å²) in [5.74, 6) is -3.70. The molecule has 1 unspecified atom stereocenters. The molecule has 0 spiro atoms. The molecule has 2 aromatic rings. The summed E-state index contributed by atoms with van der Waals surface area (Å²) in [6, 6.07) is 2.88. The molecule has 0 aliphatic carbocycles. The second kappa shape index (κ2) is 7.68. The van der Waals surface area contributed by atoms with E-state index in [2.05, 4.69) is 5.32 Å². The molecule has 4 rings (SSSR count). The van der Waals surface area contributed by atoms with Gasteiger partial charge in [0.15, 0.2) is 11.4 Å². The fourth-order valence-electron chi connectivity index (χ4n) is 3.99. The number of halogens is 2. The smallest absolute Gasteiger partial charge is 0.278 e. The molecular formula is C21H22F2N4O4. The second-order valence-electron chi connectivity index (χ2n) is 7.96. The molecule has 0 radical (unpaired) electrons. The Labute approximate surface area is 176 Å². The maximum absolute atomic E-state index is 13.8. The number of aromatic nitrogens is 1. The standard InChI is InChI=1S/C21H22F2N4O4/c1-11-3-4-12(2)27-10-25(11)21(31)17-19(29)18(28)15(9-26(17)27)20(30)24-8-13-5-6-14(22)7-16(13)23/h5-7,9,11-12,29H,3-4,8,10H2,1-2H3,(H,24,30)/t11?,12-/m0/s1. The van der Waals surface area contributed by atoms with Crippen LogP contribution in [-0.2, 0) is 6.54 Å². The number of hydrogen-bond donors (Lipinski definition) is 2. The van der Waals surface area contributed by atoms with Gasteiger partial charge in [0.2, 0.25) is 5.43 Å². The number of aromatic hydroxyl groups is 1. The van der Waals surface area contributed by atoms with Crippen molar-refractivity contribution >= 4 is 11.8 Å². The molecule has 3 heterocycles. The van der Waals surface area contributed by atoms with Gasteiger partial charge in [-0.25, -0.2) is 8.78 Å². The molecule has 164 valence electrons. The topological polar surface area (TPSA) is 94.9 Å². The first kappa shape index (κ1) is 20.8. The number of rotatable bonds is 3. The number of fused-ring (bicyclic) bond motifs is 4. The SMILES string of the molecule is CC1CC[C@H](C)N2CN1C(=O)c1c(O)c(=O)c(C(=O)NCc3ccc(F)cc3F)cn12. The van der Waals surface area contributed by atoms with Gasteiger partial charge >= 0.3 is 0 Å². The largest absolute Gasteiger partial charge is 0.502 e. The summed E-state index contributed by atoms with van der Waals surface area (Å²) in [5.41, 5.74) is -1.51. The van der Waals surface area contributed by atoms with Crippen LogP contribution in [0.2, 0.25) is 0 Å². The molecule has 0 saturated carbocycles. The van der Waals surface area contributed by atoms with Crippen molar-refractivity contribution in [3.8, 4) is 5.75 Å². The summed E-state index contributed by atoms with van der Waals surface area (Å²) in [6.07, 6.45) is 2.78. The number of hydrogen-bond acceptors (Lipinski definition) is 5. The monoisotopic (exact) mass is 432 g/mol. The highest BCUT2D eigenvalue weighted by atomic mass is 19.1. The van der Waals surface area contributed by atoms with Gasteiger partial charge in [-0.1, -0.05) is 6.07 Å². The predicted molar refractivity (Wildman–Crippen MR) is 107 cm³/mol. The van der Waals surface area contributed by atoms with Crippen LogP contribution in [-0.4, -0.2) is 45.2 Å². The van der Waals surface area contributed by atoms with Crippen LogP contribution in [0.4, 0.5) is 8.78 Å². The van der Waals surface area contributed by atoms with Gasteiger partial charge in [-0.2, -0.15) is 0 Å². The van der Waals surface area contributed by atoms with Crippen LogP contribution < -0.4 is 15.8 Å². The average Bonchev–Trinajstić information content (AvgIpc) is 2.85. The van der Waals surface area contributed by atoms with E-state index in [1.54, 1.807) is 4.90 Å². The minimum Gasteiger partial charge on any atom is -0.502 e. The molecule has 2 atom stereocenters. The van der Waals surface area contributed by atoms with Gasteiger partial charge in [0.1, 0.15) is 23.9 Å². The number of nitrogens with zero attached hydrogens (tertiary/aromatic N) is 3. The first-order chi connectivity index (χ1) is 14.7. The molecule has 1 aromatic heterocycles. The Morgan fingerprint density at radius 3 is 2.61 bits per heavy atom. The normalized spacial score (nSPS) is 20.3. The summed E-state index contributed by atoms with van der Waals surface area (Å²) in [7, 11) is 0. The third-order valence-electron chi connectivity index (χ3n) is 5.94. The van der Waals surface area contributed by atoms with Crippen molar-refractivity contribution in [2.24, 2.45) is 0 Å². The molecule has 31 heavy (non-hydrogen) atoms. The van der Waals surface area contributed by atoms with E-state index in [0.717, 1.165) is 18.9 Å². The van der Waals surface area contributed by atoms with Crippen LogP contribution in [0, 0.1) is 11.6 Å². The lowest BCUT2D eigenvalue weighted by molar-refractivity contribution is 0.0627. The highest BCUT2D eigenvalue weighted by Crippen LogP contribution is 2.28. The van der Waals surface area contributed by atoms with E-state index in [0.29, 0.717) is 6.07 Å². The van der Waals surface area contributed by atoms with E-state index >= 15 is 0 Å². The van der Waals surface area contributed by atoms with Crippen LogP contribution in [0.25, 0.3) is 0 Å². The Morgan fingerprint density at radius 1 is 1.19 bits per heavy atom. The molecule has 2 aliphatic rings. The van der Waals surface area contributed by atoms with Crippen molar-refractivity contribution in [3.63, 3.8) is 0 Å². The second-order valence-corrected chi connectivity index (χ2v) is 7.96. The maximum Gasteiger partial charge on any atom is 0.278 e. The number of benzene rings is 1. The molecule has 2 aliphatic heterocycles. The molecule has 1 aromatic carbocycles. The van der Waals surface area contributed by atoms with E-state index in [9.17, 15) is 28.3 Å². The lowest BCUT2D eigenvalue weighted by Gasteiger charge is -2.41. The Balaban J connectivity index is 1.69.